The number of amides is 2. The molecular formula is C26H28F3N5O3. The quantitative estimate of drug-likeness (QED) is 0.412. The molecule has 2 heterocycles. The molecule has 0 bridgehead atoms. The molecule has 2 fully saturated rings. The number of halogens is 3. The second-order valence-corrected chi connectivity index (χ2v) is 9.85. The SMILES string of the molecule is CC(=O)N[C@@H]1C[C@@H](F)[C@H](NC(=O)c2c(C)[nH]c3c(-c4cc(C(F)F)ccc4OCC4CC4)ncnc23)C1. The van der Waals surface area contributed by atoms with Gasteiger partial charge in [0.15, 0.2) is 0 Å². The fourth-order valence-corrected chi connectivity index (χ4v) is 4.87. The predicted molar refractivity (Wildman–Crippen MR) is 130 cm³/mol. The summed E-state index contributed by atoms with van der Waals surface area (Å²) in [5.74, 6) is 0.106. The van der Waals surface area contributed by atoms with Gasteiger partial charge < -0.3 is 20.4 Å². The number of nitrogens with zero attached hydrogens (tertiary/aromatic N) is 2. The lowest BCUT2D eigenvalue weighted by Crippen LogP contribution is -2.39. The zero-order valence-corrected chi connectivity index (χ0v) is 20.5. The summed E-state index contributed by atoms with van der Waals surface area (Å²) in [4.78, 5) is 36.3. The van der Waals surface area contributed by atoms with E-state index >= 15 is 0 Å². The van der Waals surface area contributed by atoms with E-state index < -0.39 is 24.5 Å². The Labute approximate surface area is 211 Å². The number of rotatable bonds is 8. The molecule has 3 atom stereocenters. The molecule has 3 aromatic rings. The lowest BCUT2D eigenvalue weighted by atomic mass is 10.0. The van der Waals surface area contributed by atoms with E-state index in [-0.39, 0.29) is 35.9 Å². The third-order valence-electron chi connectivity index (χ3n) is 6.89. The van der Waals surface area contributed by atoms with E-state index in [0.29, 0.717) is 46.3 Å². The van der Waals surface area contributed by atoms with Crippen LogP contribution in [0.1, 0.15) is 60.6 Å². The average molecular weight is 516 g/mol. The maximum absolute atomic E-state index is 14.6. The molecule has 5 rings (SSSR count). The van der Waals surface area contributed by atoms with Crippen LogP contribution in [0.5, 0.6) is 5.75 Å². The Bertz CT molecular complexity index is 1340. The summed E-state index contributed by atoms with van der Waals surface area (Å²) in [7, 11) is 0. The molecule has 2 aromatic heterocycles. The number of fused-ring (bicyclic) bond motifs is 1. The molecule has 8 nitrogen and oxygen atoms in total. The molecule has 196 valence electrons. The largest absolute Gasteiger partial charge is 0.493 e. The third-order valence-corrected chi connectivity index (χ3v) is 6.89. The molecule has 3 N–H and O–H groups in total. The normalized spacial score (nSPS) is 21.4. The van der Waals surface area contributed by atoms with E-state index in [0.717, 1.165) is 12.8 Å². The van der Waals surface area contributed by atoms with E-state index in [9.17, 15) is 22.8 Å². The standard InChI is InChI=1S/C26H28F3N5O3/c1-12-21(26(36)34-19-9-16(8-18(19)27)33-13(2)35)23-24(32-12)22(30-11-31-23)17-7-15(25(28)29)5-6-20(17)37-10-14-3-4-14/h5-7,11,14,16,18-19,25,32H,3-4,8-10H2,1-2H3,(H,33,35)(H,34,36)/t16-,18-,19-/m1/s1. The van der Waals surface area contributed by atoms with Crippen molar-refractivity contribution in [1.82, 2.24) is 25.6 Å². The molecule has 0 aliphatic heterocycles. The molecule has 2 saturated carbocycles. The fraction of sp³-hybridized carbons (Fsp3) is 0.462. The van der Waals surface area contributed by atoms with Gasteiger partial charge in [-0.05, 0) is 50.3 Å². The number of aryl methyl sites for hydroxylation is 1. The first-order chi connectivity index (χ1) is 17.7. The van der Waals surface area contributed by atoms with Crippen molar-refractivity contribution in [2.45, 2.75) is 64.2 Å². The maximum Gasteiger partial charge on any atom is 0.263 e. The van der Waals surface area contributed by atoms with Crippen LogP contribution >= 0.6 is 0 Å². The van der Waals surface area contributed by atoms with E-state index in [1.54, 1.807) is 6.92 Å². The van der Waals surface area contributed by atoms with E-state index in [1.807, 2.05) is 0 Å². The third kappa shape index (κ3) is 5.26. The summed E-state index contributed by atoms with van der Waals surface area (Å²) < 4.78 is 47.6. The van der Waals surface area contributed by atoms with Crippen LogP contribution in [0.4, 0.5) is 13.2 Å². The highest BCUT2D eigenvalue weighted by molar-refractivity contribution is 6.09. The Morgan fingerprint density at radius 3 is 2.68 bits per heavy atom. The zero-order valence-electron chi connectivity index (χ0n) is 20.5. The highest BCUT2D eigenvalue weighted by Crippen LogP contribution is 2.38. The average Bonchev–Trinajstić information content (AvgIpc) is 3.52. The van der Waals surface area contributed by atoms with Crippen molar-refractivity contribution >= 4 is 22.8 Å². The summed E-state index contributed by atoms with van der Waals surface area (Å²) in [6.45, 7) is 3.53. The fourth-order valence-electron chi connectivity index (χ4n) is 4.87. The monoisotopic (exact) mass is 515 g/mol. The second-order valence-electron chi connectivity index (χ2n) is 9.85. The van der Waals surface area contributed by atoms with Gasteiger partial charge in [0.25, 0.3) is 12.3 Å². The van der Waals surface area contributed by atoms with Gasteiger partial charge in [0.05, 0.1) is 23.7 Å². The van der Waals surface area contributed by atoms with Crippen LogP contribution < -0.4 is 15.4 Å². The van der Waals surface area contributed by atoms with Gasteiger partial charge in [-0.15, -0.1) is 0 Å². The molecule has 2 amide bonds. The van der Waals surface area contributed by atoms with Crippen LogP contribution in [0.3, 0.4) is 0 Å². The molecule has 2 aliphatic rings. The summed E-state index contributed by atoms with van der Waals surface area (Å²) in [6, 6.07) is 3.08. The molecule has 0 unspecified atom stereocenters. The minimum absolute atomic E-state index is 0.119. The van der Waals surface area contributed by atoms with Gasteiger partial charge in [0.2, 0.25) is 5.91 Å². The van der Waals surface area contributed by atoms with Gasteiger partial charge in [-0.1, -0.05) is 0 Å². The number of benzene rings is 1. The van der Waals surface area contributed by atoms with Crippen molar-refractivity contribution in [3.8, 4) is 17.0 Å². The number of carbonyl (C=O) groups excluding carboxylic acids is 2. The molecule has 0 radical (unpaired) electrons. The summed E-state index contributed by atoms with van der Waals surface area (Å²) in [5.41, 5.74) is 1.92. The van der Waals surface area contributed by atoms with Crippen LogP contribution in [0, 0.1) is 12.8 Å². The van der Waals surface area contributed by atoms with Crippen molar-refractivity contribution in [2.75, 3.05) is 6.61 Å². The molecule has 0 spiro atoms. The Balaban J connectivity index is 1.47. The molecular weight excluding hydrogens is 487 g/mol. The molecule has 2 aliphatic carbocycles. The smallest absolute Gasteiger partial charge is 0.263 e. The minimum Gasteiger partial charge on any atom is -0.493 e. The predicted octanol–water partition coefficient (Wildman–Crippen LogP) is 4.39. The number of aromatic amines is 1. The molecule has 37 heavy (non-hydrogen) atoms. The summed E-state index contributed by atoms with van der Waals surface area (Å²) in [6.07, 6.45) is -0.182. The Morgan fingerprint density at radius 2 is 1.97 bits per heavy atom. The van der Waals surface area contributed by atoms with Crippen LogP contribution in [-0.4, -0.2) is 51.6 Å². The van der Waals surface area contributed by atoms with Gasteiger partial charge in [-0.3, -0.25) is 9.59 Å². The summed E-state index contributed by atoms with van der Waals surface area (Å²) >= 11 is 0. The maximum atomic E-state index is 14.6. The van der Waals surface area contributed by atoms with Gasteiger partial charge in [0, 0.05) is 36.2 Å². The van der Waals surface area contributed by atoms with Crippen molar-refractivity contribution in [2.24, 2.45) is 5.92 Å². The van der Waals surface area contributed by atoms with Gasteiger partial charge in [-0.25, -0.2) is 23.1 Å². The zero-order chi connectivity index (χ0) is 26.3. The van der Waals surface area contributed by atoms with Crippen LogP contribution in [-0.2, 0) is 4.79 Å². The molecule has 0 saturated heterocycles. The minimum atomic E-state index is -2.68. The van der Waals surface area contributed by atoms with Crippen LogP contribution in [0.25, 0.3) is 22.3 Å². The van der Waals surface area contributed by atoms with Gasteiger partial charge in [0.1, 0.15) is 29.5 Å². The highest BCUT2D eigenvalue weighted by atomic mass is 19.3. The number of hydrogen-bond acceptors (Lipinski definition) is 5. The van der Waals surface area contributed by atoms with E-state index in [2.05, 4.69) is 25.6 Å². The van der Waals surface area contributed by atoms with Gasteiger partial charge in [-0.2, -0.15) is 0 Å². The van der Waals surface area contributed by atoms with Gasteiger partial charge >= 0.3 is 0 Å². The lowest BCUT2D eigenvalue weighted by molar-refractivity contribution is -0.119. The number of aromatic nitrogens is 3. The first-order valence-corrected chi connectivity index (χ1v) is 12.3. The topological polar surface area (TPSA) is 109 Å². The Kier molecular flexibility index (Phi) is 6.78. The molecule has 11 heteroatoms. The van der Waals surface area contributed by atoms with Crippen LogP contribution in [0.2, 0.25) is 0 Å². The van der Waals surface area contributed by atoms with Crippen LogP contribution in [0.15, 0.2) is 24.5 Å². The number of ether oxygens (including phenoxy) is 1. The second kappa shape index (κ2) is 10.0. The number of nitrogens with one attached hydrogen (secondary N) is 3. The molecule has 1 aromatic carbocycles. The summed E-state index contributed by atoms with van der Waals surface area (Å²) in [5, 5.41) is 5.43. The Morgan fingerprint density at radius 1 is 1.19 bits per heavy atom. The lowest BCUT2D eigenvalue weighted by Gasteiger charge is -2.15. The first kappa shape index (κ1) is 25.0. The number of alkyl halides is 3. The van der Waals surface area contributed by atoms with Crippen molar-refractivity contribution in [3.63, 3.8) is 0 Å². The number of carbonyl (C=O) groups is 2. The van der Waals surface area contributed by atoms with Crippen molar-refractivity contribution < 1.29 is 27.5 Å². The highest BCUT2D eigenvalue weighted by Gasteiger charge is 2.36. The number of hydrogen-bond donors (Lipinski definition) is 3. The number of H-pyrrole nitrogens is 1. The van der Waals surface area contributed by atoms with Crippen molar-refractivity contribution in [3.05, 3.63) is 41.3 Å². The van der Waals surface area contributed by atoms with E-state index in [4.69, 9.17) is 4.74 Å². The van der Waals surface area contributed by atoms with Crippen molar-refractivity contribution in [1.29, 1.82) is 0 Å². The van der Waals surface area contributed by atoms with E-state index in [1.165, 1.54) is 31.5 Å². The Hall–Kier alpha value is -3.63. The first-order valence-electron chi connectivity index (χ1n) is 12.3.